The molecule has 1 aliphatic rings. The minimum Gasteiger partial charge on any atom is -0.384 e. The number of benzene rings is 1. The lowest BCUT2D eigenvalue weighted by molar-refractivity contribution is 0.0374. The topological polar surface area (TPSA) is 53.6 Å². The molecule has 1 aliphatic heterocycles. The van der Waals surface area contributed by atoms with E-state index in [1.54, 1.807) is 0 Å². The van der Waals surface area contributed by atoms with Crippen molar-refractivity contribution < 1.29 is 9.53 Å². The quantitative estimate of drug-likeness (QED) is 0.745. The lowest BCUT2D eigenvalue weighted by atomic mass is 9.96. The van der Waals surface area contributed by atoms with Crippen molar-refractivity contribution >= 4 is 11.6 Å². The number of hydrogen-bond acceptors (Lipinski definition) is 4. The highest BCUT2D eigenvalue weighted by Gasteiger charge is 2.14. The van der Waals surface area contributed by atoms with Crippen LogP contribution in [0.3, 0.4) is 0 Å². The molecular formula is C20H33N3O2. The molecule has 1 heterocycles. The van der Waals surface area contributed by atoms with Gasteiger partial charge >= 0.3 is 0 Å². The van der Waals surface area contributed by atoms with Gasteiger partial charge in [0.05, 0.1) is 13.2 Å². The summed E-state index contributed by atoms with van der Waals surface area (Å²) in [6.07, 6.45) is 0.965. The number of anilines is 1. The average molecular weight is 348 g/mol. The SMILES string of the molecule is Cc1c(NCC(C)(C)C)cccc1C(=O)NCCCN1CCOCC1. The van der Waals surface area contributed by atoms with Crippen LogP contribution in [0.4, 0.5) is 5.69 Å². The number of rotatable bonds is 7. The Morgan fingerprint density at radius 1 is 1.24 bits per heavy atom. The number of carbonyl (C=O) groups excluding carboxylic acids is 1. The molecule has 1 aromatic rings. The van der Waals surface area contributed by atoms with Crippen LogP contribution < -0.4 is 10.6 Å². The molecule has 0 bridgehead atoms. The maximum atomic E-state index is 12.5. The van der Waals surface area contributed by atoms with Gasteiger partial charge < -0.3 is 15.4 Å². The van der Waals surface area contributed by atoms with Crippen molar-refractivity contribution in [1.82, 2.24) is 10.2 Å². The summed E-state index contributed by atoms with van der Waals surface area (Å²) >= 11 is 0. The predicted octanol–water partition coefficient (Wildman–Crippen LogP) is 2.91. The van der Waals surface area contributed by atoms with Crippen molar-refractivity contribution in [3.05, 3.63) is 29.3 Å². The zero-order valence-electron chi connectivity index (χ0n) is 16.2. The summed E-state index contributed by atoms with van der Waals surface area (Å²) in [7, 11) is 0. The van der Waals surface area contributed by atoms with E-state index >= 15 is 0 Å². The van der Waals surface area contributed by atoms with Crippen molar-refractivity contribution in [2.75, 3.05) is 51.3 Å². The molecular weight excluding hydrogens is 314 g/mol. The Bertz CT molecular complexity index is 561. The van der Waals surface area contributed by atoms with E-state index < -0.39 is 0 Å². The molecule has 25 heavy (non-hydrogen) atoms. The highest BCUT2D eigenvalue weighted by Crippen LogP contribution is 2.21. The van der Waals surface area contributed by atoms with Gasteiger partial charge in [-0.3, -0.25) is 9.69 Å². The number of morpholine rings is 1. The molecule has 0 radical (unpaired) electrons. The van der Waals surface area contributed by atoms with Crippen LogP contribution in [-0.4, -0.2) is 56.7 Å². The fourth-order valence-corrected chi connectivity index (χ4v) is 2.86. The van der Waals surface area contributed by atoms with Gasteiger partial charge in [-0.1, -0.05) is 26.8 Å². The van der Waals surface area contributed by atoms with Gasteiger partial charge in [0.15, 0.2) is 0 Å². The summed E-state index contributed by atoms with van der Waals surface area (Å²) < 4.78 is 5.35. The van der Waals surface area contributed by atoms with E-state index in [4.69, 9.17) is 4.74 Å². The fraction of sp³-hybridized carbons (Fsp3) is 0.650. The first-order valence-electron chi connectivity index (χ1n) is 9.28. The van der Waals surface area contributed by atoms with E-state index in [0.717, 1.165) is 62.6 Å². The number of hydrogen-bond donors (Lipinski definition) is 2. The minimum absolute atomic E-state index is 0.0129. The van der Waals surface area contributed by atoms with Gasteiger partial charge in [-0.05, 0) is 43.0 Å². The molecule has 0 atom stereocenters. The highest BCUT2D eigenvalue weighted by molar-refractivity contribution is 5.97. The second kappa shape index (κ2) is 9.20. The van der Waals surface area contributed by atoms with E-state index in [9.17, 15) is 4.79 Å². The largest absolute Gasteiger partial charge is 0.384 e. The number of nitrogens with one attached hydrogen (secondary N) is 2. The molecule has 5 nitrogen and oxygen atoms in total. The second-order valence-electron chi connectivity index (χ2n) is 7.96. The number of ether oxygens (including phenoxy) is 1. The van der Waals surface area contributed by atoms with Gasteiger partial charge in [-0.2, -0.15) is 0 Å². The van der Waals surface area contributed by atoms with Gasteiger partial charge in [0, 0.05) is 37.4 Å². The van der Waals surface area contributed by atoms with Gasteiger partial charge in [-0.15, -0.1) is 0 Å². The third-order valence-corrected chi connectivity index (χ3v) is 4.43. The average Bonchev–Trinajstić information content (AvgIpc) is 2.58. The van der Waals surface area contributed by atoms with Crippen molar-refractivity contribution in [2.45, 2.75) is 34.1 Å². The Hall–Kier alpha value is -1.59. The number of amides is 1. The number of carbonyl (C=O) groups is 1. The van der Waals surface area contributed by atoms with Crippen LogP contribution in [0.15, 0.2) is 18.2 Å². The van der Waals surface area contributed by atoms with E-state index in [1.807, 2.05) is 25.1 Å². The van der Waals surface area contributed by atoms with E-state index in [1.165, 1.54) is 0 Å². The van der Waals surface area contributed by atoms with E-state index in [0.29, 0.717) is 6.54 Å². The molecule has 2 rings (SSSR count). The van der Waals surface area contributed by atoms with Crippen LogP contribution >= 0.6 is 0 Å². The standard InChI is InChI=1S/C20H33N3O2/c1-16-17(7-5-8-18(16)22-15-20(2,3)4)19(24)21-9-6-10-23-11-13-25-14-12-23/h5,7-8,22H,6,9-15H2,1-4H3,(H,21,24). The van der Waals surface area contributed by atoms with Crippen molar-refractivity contribution in [3.63, 3.8) is 0 Å². The van der Waals surface area contributed by atoms with Gasteiger partial charge in [0.25, 0.3) is 5.91 Å². The van der Waals surface area contributed by atoms with Crippen LogP contribution in [0, 0.1) is 12.3 Å². The van der Waals surface area contributed by atoms with E-state index in [-0.39, 0.29) is 11.3 Å². The van der Waals surface area contributed by atoms with Crippen LogP contribution in [-0.2, 0) is 4.74 Å². The lowest BCUT2D eigenvalue weighted by Gasteiger charge is -2.26. The molecule has 0 saturated carbocycles. The number of nitrogens with zero attached hydrogens (tertiary/aromatic N) is 1. The maximum Gasteiger partial charge on any atom is 0.251 e. The molecule has 1 amide bonds. The fourth-order valence-electron chi connectivity index (χ4n) is 2.86. The molecule has 1 saturated heterocycles. The van der Waals surface area contributed by atoms with Crippen molar-refractivity contribution in [1.29, 1.82) is 0 Å². The Balaban J connectivity index is 1.82. The summed E-state index contributed by atoms with van der Waals surface area (Å²) in [5, 5.41) is 6.51. The van der Waals surface area contributed by atoms with Crippen LogP contribution in [0.5, 0.6) is 0 Å². The molecule has 1 aromatic carbocycles. The van der Waals surface area contributed by atoms with Gasteiger partial charge in [0.2, 0.25) is 0 Å². The summed E-state index contributed by atoms with van der Waals surface area (Å²) in [6, 6.07) is 5.88. The molecule has 140 valence electrons. The summed E-state index contributed by atoms with van der Waals surface area (Å²) in [6.45, 7) is 14.8. The summed E-state index contributed by atoms with van der Waals surface area (Å²) in [5.74, 6) is 0.0129. The van der Waals surface area contributed by atoms with Crippen molar-refractivity contribution in [3.8, 4) is 0 Å². The maximum absolute atomic E-state index is 12.5. The third-order valence-electron chi connectivity index (χ3n) is 4.43. The minimum atomic E-state index is 0.0129. The Kier molecular flexibility index (Phi) is 7.26. The predicted molar refractivity (Wildman–Crippen MR) is 103 cm³/mol. The molecule has 5 heteroatoms. The smallest absolute Gasteiger partial charge is 0.251 e. The molecule has 2 N–H and O–H groups in total. The van der Waals surface area contributed by atoms with Gasteiger partial charge in [0.1, 0.15) is 0 Å². The van der Waals surface area contributed by atoms with Gasteiger partial charge in [-0.25, -0.2) is 0 Å². The Morgan fingerprint density at radius 2 is 1.96 bits per heavy atom. The molecule has 0 unspecified atom stereocenters. The first-order valence-corrected chi connectivity index (χ1v) is 9.28. The monoisotopic (exact) mass is 347 g/mol. The zero-order valence-corrected chi connectivity index (χ0v) is 16.2. The highest BCUT2D eigenvalue weighted by atomic mass is 16.5. The Morgan fingerprint density at radius 3 is 2.64 bits per heavy atom. The first-order chi connectivity index (χ1) is 11.9. The zero-order chi connectivity index (χ0) is 18.3. The first kappa shape index (κ1) is 19.7. The lowest BCUT2D eigenvalue weighted by Crippen LogP contribution is -2.38. The molecule has 0 aromatic heterocycles. The molecule has 0 spiro atoms. The van der Waals surface area contributed by atoms with E-state index in [2.05, 4.69) is 36.3 Å². The Labute approximate surface area is 152 Å². The third kappa shape index (κ3) is 6.67. The molecule has 0 aliphatic carbocycles. The van der Waals surface area contributed by atoms with Crippen molar-refractivity contribution in [2.24, 2.45) is 5.41 Å². The summed E-state index contributed by atoms with van der Waals surface area (Å²) in [5.41, 5.74) is 3.00. The van der Waals surface area contributed by atoms with Crippen LogP contribution in [0.2, 0.25) is 0 Å². The normalized spacial score (nSPS) is 15.8. The molecule has 1 fully saturated rings. The second-order valence-corrected chi connectivity index (χ2v) is 7.96. The summed E-state index contributed by atoms with van der Waals surface area (Å²) in [4.78, 5) is 14.9. The van der Waals surface area contributed by atoms with Crippen LogP contribution in [0.1, 0.15) is 43.1 Å². The van der Waals surface area contributed by atoms with Crippen LogP contribution in [0.25, 0.3) is 0 Å².